The van der Waals surface area contributed by atoms with E-state index in [2.05, 4.69) is 16.7 Å². The summed E-state index contributed by atoms with van der Waals surface area (Å²) in [6, 6.07) is 0. The zero-order valence-corrected chi connectivity index (χ0v) is 30.1. The third-order valence-electron chi connectivity index (χ3n) is 5.99. The van der Waals surface area contributed by atoms with Gasteiger partial charge in [-0.1, -0.05) is 27.7 Å². The second-order valence-electron chi connectivity index (χ2n) is 10.8. The Balaban J connectivity index is 0. The summed E-state index contributed by atoms with van der Waals surface area (Å²) >= 11 is 0. The monoisotopic (exact) mass is 848 g/mol. The molecule has 0 aromatic heterocycles. The molecule has 28 heteroatoms. The van der Waals surface area contributed by atoms with Crippen LogP contribution in [-0.2, 0) is 57.2 Å². The molecule has 304 valence electrons. The molecule has 0 rings (SSSR count). The van der Waals surface area contributed by atoms with E-state index in [1.54, 1.807) is 0 Å². The number of unbranched alkanes of at least 4 members (excludes halogenated alkanes) is 2. The number of alkyl halides is 12. The van der Waals surface area contributed by atoms with Gasteiger partial charge in [-0.05, 0) is 39.5 Å². The smallest absolute Gasteiger partial charge is 0.267 e. The largest absolute Gasteiger partial charge is 0.439 e. The summed E-state index contributed by atoms with van der Waals surface area (Å²) in [5, 5.41) is -17.5. The van der Waals surface area contributed by atoms with Gasteiger partial charge in [0.2, 0.25) is 0 Å². The molecule has 0 aliphatic carbocycles. The van der Waals surface area contributed by atoms with Crippen LogP contribution >= 0.6 is 0 Å². The lowest BCUT2D eigenvalue weighted by atomic mass is 10.2. The first-order valence-corrected chi connectivity index (χ1v) is 19.3. The van der Waals surface area contributed by atoms with Crippen LogP contribution in [0.4, 0.5) is 52.7 Å². The first-order valence-electron chi connectivity index (χ1n) is 13.6. The van der Waals surface area contributed by atoms with E-state index < -0.39 is 124 Å². The molecule has 2 unspecified atom stereocenters. The molecule has 0 aromatic rings. The predicted molar refractivity (Wildman–Crippen MR) is 149 cm³/mol. The maximum atomic E-state index is 13.4. The van der Waals surface area contributed by atoms with Crippen molar-refractivity contribution >= 4 is 40.5 Å². The van der Waals surface area contributed by atoms with Gasteiger partial charge in [-0.15, -0.1) is 0 Å². The highest BCUT2D eigenvalue weighted by Gasteiger charge is 2.64. The minimum absolute atomic E-state index is 0.170. The quantitative estimate of drug-likeness (QED) is 0.0807. The van der Waals surface area contributed by atoms with E-state index in [9.17, 15) is 86.4 Å². The van der Waals surface area contributed by atoms with Gasteiger partial charge < -0.3 is 0 Å². The summed E-state index contributed by atoms with van der Waals surface area (Å²) in [5.41, 5.74) is 0. The van der Waals surface area contributed by atoms with Crippen molar-refractivity contribution in [3.05, 3.63) is 0 Å². The number of hydrogen-bond donors (Lipinski definition) is 0. The van der Waals surface area contributed by atoms with E-state index in [1.807, 2.05) is 0 Å². The molecule has 50 heavy (non-hydrogen) atoms. The molecule has 0 aliphatic heterocycles. The third-order valence-corrected chi connectivity index (χ3v) is 12.5. The van der Waals surface area contributed by atoms with Crippen LogP contribution in [0.2, 0.25) is 0 Å². The fourth-order valence-electron chi connectivity index (χ4n) is 2.32. The number of halogens is 12. The van der Waals surface area contributed by atoms with Gasteiger partial charge in [0.05, 0.1) is 26.4 Å². The molecule has 0 saturated carbocycles. The van der Waals surface area contributed by atoms with Crippen molar-refractivity contribution in [1.29, 1.82) is 0 Å². The van der Waals surface area contributed by atoms with Gasteiger partial charge in [0.25, 0.3) is 0 Å². The zero-order valence-electron chi connectivity index (χ0n) is 26.9. The molecule has 0 saturated heterocycles. The van der Waals surface area contributed by atoms with Crippen LogP contribution in [0.1, 0.15) is 67.2 Å². The van der Waals surface area contributed by atoms with Crippen LogP contribution in [0.3, 0.4) is 0 Å². The van der Waals surface area contributed by atoms with Crippen LogP contribution in [-0.4, -0.2) is 93.0 Å². The second-order valence-corrected chi connectivity index (χ2v) is 18.0. The number of rotatable bonds is 20. The van der Waals surface area contributed by atoms with E-state index in [-0.39, 0.29) is 26.7 Å². The molecule has 0 fully saturated rings. The van der Waals surface area contributed by atoms with Crippen LogP contribution in [0.25, 0.3) is 0 Å². The minimum atomic E-state index is -5.79. The molecule has 0 amide bonds. The lowest BCUT2D eigenvalue weighted by molar-refractivity contribution is -0.194. The van der Waals surface area contributed by atoms with Crippen molar-refractivity contribution in [2.45, 2.75) is 100 Å². The molecule has 2 atom stereocenters. The zero-order chi connectivity index (χ0) is 40.6. The maximum absolute atomic E-state index is 13.4. The van der Waals surface area contributed by atoms with E-state index in [4.69, 9.17) is 0 Å². The molecule has 0 bridgehead atoms. The van der Waals surface area contributed by atoms with Gasteiger partial charge >= 0.3 is 73.3 Å². The van der Waals surface area contributed by atoms with Gasteiger partial charge in [-0.2, -0.15) is 77.6 Å². The third kappa shape index (κ3) is 13.0. The predicted octanol–water partition coefficient (Wildman–Crippen LogP) is 5.91. The highest BCUT2D eigenvalue weighted by atomic mass is 32.2. The van der Waals surface area contributed by atoms with E-state index in [1.165, 1.54) is 0 Å². The molecule has 0 N–H and O–H groups in total. The van der Waals surface area contributed by atoms with Crippen molar-refractivity contribution < 1.29 is 103 Å². The Morgan fingerprint density at radius 3 is 0.740 bits per heavy atom. The van der Waals surface area contributed by atoms with E-state index in [0.29, 0.717) is 0 Å². The van der Waals surface area contributed by atoms with Crippen LogP contribution in [0.15, 0.2) is 0 Å². The highest BCUT2D eigenvalue weighted by Crippen LogP contribution is 2.40. The molecule has 0 aromatic carbocycles. The number of hydrogen-bond acceptors (Lipinski definition) is 12. The molecular formula is C22H36F12O12S4. The average Bonchev–Trinajstić information content (AvgIpc) is 2.90. The molecule has 0 spiro atoms. The second kappa shape index (κ2) is 17.7. The van der Waals surface area contributed by atoms with Crippen molar-refractivity contribution in [2.75, 3.05) is 26.4 Å². The van der Waals surface area contributed by atoms with E-state index >= 15 is 0 Å². The SMILES string of the molecule is CC(C)C(F)(F)S(=O)(=O)OCCCCOS(=O)(=O)C(F)(F)C(C)C.CC(F)(C(F)(F)F)S(=O)(=O)OCCCCOS(=O)(=O)C(C)(F)C(F)(F)F. The fourth-order valence-corrected chi connectivity index (χ4v) is 6.15. The summed E-state index contributed by atoms with van der Waals surface area (Å²) in [6.07, 6.45) is -13.0. The summed E-state index contributed by atoms with van der Waals surface area (Å²) in [4.78, 5) is 0. The normalized spacial score (nSPS) is 16.9. The summed E-state index contributed by atoms with van der Waals surface area (Å²) < 4.78 is 259. The Kier molecular flexibility index (Phi) is 18.1. The fraction of sp³-hybridized carbons (Fsp3) is 1.00. The van der Waals surface area contributed by atoms with Gasteiger partial charge in [0.1, 0.15) is 0 Å². The Morgan fingerprint density at radius 2 is 0.580 bits per heavy atom. The first kappa shape index (κ1) is 50.9. The first-order chi connectivity index (χ1) is 21.8. The molecule has 0 aliphatic rings. The summed E-state index contributed by atoms with van der Waals surface area (Å²) in [5.74, 6) is -2.98. The average molecular weight is 849 g/mol. The Morgan fingerprint density at radius 1 is 0.400 bits per heavy atom. The summed E-state index contributed by atoms with van der Waals surface area (Å²) in [6.45, 7) is 0.0603. The van der Waals surface area contributed by atoms with Gasteiger partial charge in [0, 0.05) is 11.8 Å². The van der Waals surface area contributed by atoms with Crippen LogP contribution < -0.4 is 0 Å². The molecule has 12 nitrogen and oxygen atoms in total. The Hall–Kier alpha value is -1.20. The van der Waals surface area contributed by atoms with Gasteiger partial charge in [-0.25, -0.2) is 8.78 Å². The van der Waals surface area contributed by atoms with Gasteiger partial charge in [-0.3, -0.25) is 16.7 Å². The maximum Gasteiger partial charge on any atom is 0.439 e. The van der Waals surface area contributed by atoms with Crippen LogP contribution in [0, 0.1) is 11.8 Å². The van der Waals surface area contributed by atoms with Crippen molar-refractivity contribution in [1.82, 2.24) is 0 Å². The Labute approximate surface area is 281 Å². The summed E-state index contributed by atoms with van der Waals surface area (Å²) in [7, 11) is -21.7. The lowest BCUT2D eigenvalue weighted by Crippen LogP contribution is -2.46. The van der Waals surface area contributed by atoms with Crippen molar-refractivity contribution in [2.24, 2.45) is 11.8 Å². The standard InChI is InChI=1S/C12H22F4O6S2.C10H14F8O6S2/c1-9(2)11(13,14)23(17,18)21-7-5-6-8-22-24(19,20)12(15,16)10(3)4;1-7(11,9(13,14)15)25(19,20)23-5-3-4-6-24-26(21,22)8(2,12)10(16,17)18/h9-10H,5-8H2,1-4H3;3-6H2,1-2H3. The van der Waals surface area contributed by atoms with Crippen molar-refractivity contribution in [3.8, 4) is 0 Å². The van der Waals surface area contributed by atoms with Crippen molar-refractivity contribution in [3.63, 3.8) is 0 Å². The van der Waals surface area contributed by atoms with Crippen LogP contribution in [0.5, 0.6) is 0 Å². The minimum Gasteiger partial charge on any atom is -0.267 e. The lowest BCUT2D eigenvalue weighted by Gasteiger charge is -2.23. The molecule has 0 heterocycles. The molecule has 0 radical (unpaired) electrons. The van der Waals surface area contributed by atoms with Gasteiger partial charge in [0.15, 0.2) is 0 Å². The topological polar surface area (TPSA) is 173 Å². The molecular weight excluding hydrogens is 812 g/mol. The Bertz CT molecular complexity index is 1390. The highest BCUT2D eigenvalue weighted by molar-refractivity contribution is 7.88. The van der Waals surface area contributed by atoms with E-state index in [0.717, 1.165) is 27.7 Å².